The monoisotopic (exact) mass is 268 g/mol. The van der Waals surface area contributed by atoms with Gasteiger partial charge in [-0.1, -0.05) is 30.3 Å². The van der Waals surface area contributed by atoms with E-state index >= 15 is 0 Å². The molecule has 4 nitrogen and oxygen atoms in total. The Balaban J connectivity index is 2.06. The minimum absolute atomic E-state index is 0.00950. The number of nitrogens with one attached hydrogen (secondary N) is 1. The molecule has 0 fully saturated rings. The van der Waals surface area contributed by atoms with Crippen LogP contribution in [0.25, 0.3) is 0 Å². The number of hydrogen-bond donors (Lipinski definition) is 1. The van der Waals surface area contributed by atoms with E-state index in [4.69, 9.17) is 4.74 Å². The summed E-state index contributed by atoms with van der Waals surface area (Å²) in [5.74, 6) is 0.777. The van der Waals surface area contributed by atoms with Gasteiger partial charge in [-0.15, -0.1) is 0 Å². The number of hydrogen-bond acceptors (Lipinski definition) is 3. The molecular formula is C16H16N2O2. The van der Waals surface area contributed by atoms with Crippen LogP contribution in [0.2, 0.25) is 0 Å². The zero-order chi connectivity index (χ0) is 14.1. The average molecular weight is 268 g/mol. The molecule has 0 saturated heterocycles. The van der Waals surface area contributed by atoms with E-state index in [-0.39, 0.29) is 12.1 Å². The fourth-order valence-electron chi connectivity index (χ4n) is 2.53. The Morgan fingerprint density at radius 2 is 1.80 bits per heavy atom. The molecule has 102 valence electrons. The van der Waals surface area contributed by atoms with E-state index in [1.807, 2.05) is 48.5 Å². The molecule has 1 amide bonds. The molecule has 1 N–H and O–H groups in total. The fraction of sp³-hybridized carbons (Fsp3) is 0.188. The zero-order valence-corrected chi connectivity index (χ0v) is 11.5. The average Bonchev–Trinajstić information content (AvgIpc) is 2.51. The van der Waals surface area contributed by atoms with Crippen molar-refractivity contribution in [3.63, 3.8) is 0 Å². The molecule has 1 unspecified atom stereocenters. The van der Waals surface area contributed by atoms with Gasteiger partial charge in [0.2, 0.25) is 0 Å². The molecule has 20 heavy (non-hydrogen) atoms. The van der Waals surface area contributed by atoms with Gasteiger partial charge >= 0.3 is 0 Å². The normalized spacial score (nSPS) is 17.4. The van der Waals surface area contributed by atoms with Crippen LogP contribution in [-0.4, -0.2) is 25.0 Å². The first-order valence-electron chi connectivity index (χ1n) is 6.48. The van der Waals surface area contributed by atoms with Crippen LogP contribution in [0, 0.1) is 0 Å². The van der Waals surface area contributed by atoms with Crippen molar-refractivity contribution in [2.45, 2.75) is 6.17 Å². The number of carbonyl (C=O) groups excluding carboxylic acids is 1. The molecule has 2 aromatic carbocycles. The fourth-order valence-corrected chi connectivity index (χ4v) is 2.53. The Labute approximate surface area is 118 Å². The lowest BCUT2D eigenvalue weighted by Crippen LogP contribution is -2.40. The van der Waals surface area contributed by atoms with Crippen LogP contribution in [-0.2, 0) is 0 Å². The maximum atomic E-state index is 12.4. The summed E-state index contributed by atoms with van der Waals surface area (Å²) in [4.78, 5) is 14.1. The standard InChI is InChI=1S/C16H16N2O2/c1-18-15(12-8-4-6-10-14(12)20-2)17-13-9-5-3-7-11(13)16(18)19/h3-10,15,17H,1-2H3. The number of benzene rings is 2. The van der Waals surface area contributed by atoms with E-state index in [1.165, 1.54) is 0 Å². The van der Waals surface area contributed by atoms with Gasteiger partial charge in [-0.2, -0.15) is 0 Å². The number of carbonyl (C=O) groups is 1. The molecule has 0 aromatic heterocycles. The molecule has 3 rings (SSSR count). The Kier molecular flexibility index (Phi) is 3.06. The van der Waals surface area contributed by atoms with Crippen molar-refractivity contribution in [2.75, 3.05) is 19.5 Å². The summed E-state index contributed by atoms with van der Waals surface area (Å²) in [7, 11) is 3.43. The van der Waals surface area contributed by atoms with Gasteiger partial charge in [-0.25, -0.2) is 0 Å². The molecule has 1 aliphatic rings. The number of ether oxygens (including phenoxy) is 1. The van der Waals surface area contributed by atoms with Gasteiger partial charge < -0.3 is 15.0 Å². The van der Waals surface area contributed by atoms with Crippen molar-refractivity contribution in [1.29, 1.82) is 0 Å². The summed E-state index contributed by atoms with van der Waals surface area (Å²) >= 11 is 0. The highest BCUT2D eigenvalue weighted by Crippen LogP contribution is 2.35. The number of methoxy groups -OCH3 is 1. The van der Waals surface area contributed by atoms with Gasteiger partial charge in [-0.05, 0) is 18.2 Å². The predicted octanol–water partition coefficient (Wildman–Crippen LogP) is 2.89. The van der Waals surface area contributed by atoms with Crippen molar-refractivity contribution in [2.24, 2.45) is 0 Å². The topological polar surface area (TPSA) is 41.6 Å². The highest BCUT2D eigenvalue weighted by Gasteiger charge is 2.31. The van der Waals surface area contributed by atoms with Crippen LogP contribution >= 0.6 is 0 Å². The van der Waals surface area contributed by atoms with Crippen molar-refractivity contribution >= 4 is 11.6 Å². The van der Waals surface area contributed by atoms with Crippen LogP contribution < -0.4 is 10.1 Å². The minimum Gasteiger partial charge on any atom is -0.496 e. The molecule has 0 bridgehead atoms. The quantitative estimate of drug-likeness (QED) is 0.910. The molecule has 2 aromatic rings. The number of rotatable bonds is 2. The van der Waals surface area contributed by atoms with Gasteiger partial charge in [0.25, 0.3) is 5.91 Å². The molecular weight excluding hydrogens is 252 g/mol. The second-order valence-electron chi connectivity index (χ2n) is 4.75. The van der Waals surface area contributed by atoms with Gasteiger partial charge in [-0.3, -0.25) is 4.79 Å². The van der Waals surface area contributed by atoms with E-state index < -0.39 is 0 Å². The molecule has 4 heteroatoms. The number of para-hydroxylation sites is 2. The molecule has 1 atom stereocenters. The Morgan fingerprint density at radius 1 is 1.10 bits per heavy atom. The van der Waals surface area contributed by atoms with Crippen LogP contribution in [0.3, 0.4) is 0 Å². The summed E-state index contributed by atoms with van der Waals surface area (Å²) in [5.41, 5.74) is 2.49. The smallest absolute Gasteiger partial charge is 0.257 e. The maximum absolute atomic E-state index is 12.4. The summed E-state index contributed by atoms with van der Waals surface area (Å²) in [6, 6.07) is 15.3. The van der Waals surface area contributed by atoms with Crippen molar-refractivity contribution in [3.8, 4) is 5.75 Å². The third kappa shape index (κ3) is 1.90. The Bertz CT molecular complexity index is 654. The summed E-state index contributed by atoms with van der Waals surface area (Å²) in [6.45, 7) is 0. The summed E-state index contributed by atoms with van der Waals surface area (Å²) in [6.07, 6.45) is -0.228. The first-order chi connectivity index (χ1) is 9.72. The summed E-state index contributed by atoms with van der Waals surface area (Å²) < 4.78 is 5.39. The van der Waals surface area contributed by atoms with Crippen molar-refractivity contribution in [1.82, 2.24) is 4.90 Å². The second kappa shape index (κ2) is 4.89. The van der Waals surface area contributed by atoms with Crippen LogP contribution in [0.5, 0.6) is 5.75 Å². The number of amides is 1. The van der Waals surface area contributed by atoms with Crippen LogP contribution in [0.4, 0.5) is 5.69 Å². The highest BCUT2D eigenvalue weighted by atomic mass is 16.5. The van der Waals surface area contributed by atoms with E-state index in [0.717, 1.165) is 17.0 Å². The number of fused-ring (bicyclic) bond motifs is 1. The lowest BCUT2D eigenvalue weighted by atomic mass is 10.0. The molecule has 1 heterocycles. The molecule has 0 spiro atoms. The Morgan fingerprint density at radius 3 is 2.60 bits per heavy atom. The van der Waals surface area contributed by atoms with Crippen LogP contribution in [0.1, 0.15) is 22.1 Å². The largest absolute Gasteiger partial charge is 0.496 e. The van der Waals surface area contributed by atoms with Gasteiger partial charge in [0, 0.05) is 18.3 Å². The van der Waals surface area contributed by atoms with E-state index in [1.54, 1.807) is 19.1 Å². The second-order valence-corrected chi connectivity index (χ2v) is 4.75. The lowest BCUT2D eigenvalue weighted by Gasteiger charge is -2.36. The molecule has 1 aliphatic heterocycles. The molecule has 0 saturated carbocycles. The van der Waals surface area contributed by atoms with E-state index in [9.17, 15) is 4.79 Å². The summed E-state index contributed by atoms with van der Waals surface area (Å²) in [5, 5.41) is 3.39. The van der Waals surface area contributed by atoms with Gasteiger partial charge in [0.15, 0.2) is 0 Å². The third-order valence-corrected chi connectivity index (χ3v) is 3.59. The number of nitrogens with zero attached hydrogens (tertiary/aromatic N) is 1. The Hall–Kier alpha value is -2.49. The SMILES string of the molecule is COc1ccccc1C1Nc2ccccc2C(=O)N1C. The van der Waals surface area contributed by atoms with Gasteiger partial charge in [0.05, 0.1) is 12.7 Å². The lowest BCUT2D eigenvalue weighted by molar-refractivity contribution is 0.0734. The predicted molar refractivity (Wildman–Crippen MR) is 77.9 cm³/mol. The van der Waals surface area contributed by atoms with E-state index in [0.29, 0.717) is 5.56 Å². The first kappa shape index (κ1) is 12.5. The first-order valence-corrected chi connectivity index (χ1v) is 6.48. The number of anilines is 1. The molecule has 0 radical (unpaired) electrons. The van der Waals surface area contributed by atoms with Crippen LogP contribution in [0.15, 0.2) is 48.5 Å². The zero-order valence-electron chi connectivity index (χ0n) is 11.5. The third-order valence-electron chi connectivity index (χ3n) is 3.59. The van der Waals surface area contributed by atoms with Crippen molar-refractivity contribution in [3.05, 3.63) is 59.7 Å². The van der Waals surface area contributed by atoms with E-state index in [2.05, 4.69) is 5.32 Å². The molecule has 0 aliphatic carbocycles. The maximum Gasteiger partial charge on any atom is 0.257 e. The van der Waals surface area contributed by atoms with Crippen molar-refractivity contribution < 1.29 is 9.53 Å². The van der Waals surface area contributed by atoms with Gasteiger partial charge in [0.1, 0.15) is 11.9 Å². The minimum atomic E-state index is -0.228. The highest BCUT2D eigenvalue weighted by molar-refractivity contribution is 6.01.